The Labute approximate surface area is 130 Å². The Balaban J connectivity index is 1.74. The van der Waals surface area contributed by atoms with Gasteiger partial charge >= 0.3 is 0 Å². The van der Waals surface area contributed by atoms with Gasteiger partial charge in [0.2, 0.25) is 0 Å². The van der Waals surface area contributed by atoms with Crippen molar-refractivity contribution >= 4 is 20.7 Å². The molecule has 3 nitrogen and oxygen atoms in total. The summed E-state index contributed by atoms with van der Waals surface area (Å²) in [4.78, 5) is 3.38. The van der Waals surface area contributed by atoms with E-state index in [0.717, 1.165) is 17.3 Å². The molecule has 3 aromatic rings. The van der Waals surface area contributed by atoms with E-state index in [9.17, 15) is 8.42 Å². The van der Waals surface area contributed by atoms with Crippen molar-refractivity contribution in [2.75, 3.05) is 5.75 Å². The first-order valence-electron chi connectivity index (χ1n) is 7.14. The lowest BCUT2D eigenvalue weighted by molar-refractivity contribution is 0.600. The molecule has 3 rings (SSSR count). The number of allylic oxidation sites excluding steroid dienone is 1. The molecule has 112 valence electrons. The number of aromatic amines is 1. The Morgan fingerprint density at radius 3 is 2.45 bits per heavy atom. The Kier molecular flexibility index (Phi) is 4.11. The molecule has 0 amide bonds. The minimum absolute atomic E-state index is 0.0156. The summed E-state index contributed by atoms with van der Waals surface area (Å²) in [6, 6.07) is 17.4. The molecule has 0 fully saturated rings. The second-order valence-electron chi connectivity index (χ2n) is 5.14. The monoisotopic (exact) mass is 311 g/mol. The molecule has 1 heterocycles. The first kappa shape index (κ1) is 14.6. The molecule has 1 N–H and O–H groups in total. The molecule has 0 unspecified atom stereocenters. The first-order valence-corrected chi connectivity index (χ1v) is 8.80. The first-order chi connectivity index (χ1) is 10.7. The van der Waals surface area contributed by atoms with Crippen LogP contribution in [0.5, 0.6) is 0 Å². The zero-order valence-corrected chi connectivity index (χ0v) is 12.9. The van der Waals surface area contributed by atoms with Gasteiger partial charge in [-0.2, -0.15) is 0 Å². The van der Waals surface area contributed by atoms with Crippen molar-refractivity contribution in [2.24, 2.45) is 0 Å². The van der Waals surface area contributed by atoms with Crippen molar-refractivity contribution in [1.82, 2.24) is 4.98 Å². The molecule has 0 aliphatic carbocycles. The molecule has 0 atom stereocenters. The maximum absolute atomic E-state index is 12.4. The number of hydrogen-bond donors (Lipinski definition) is 1. The predicted molar refractivity (Wildman–Crippen MR) is 89.6 cm³/mol. The average Bonchev–Trinajstić information content (AvgIpc) is 2.97. The van der Waals surface area contributed by atoms with Gasteiger partial charge in [0.05, 0.1) is 10.6 Å². The number of rotatable bonds is 5. The van der Waals surface area contributed by atoms with E-state index in [1.807, 2.05) is 60.7 Å². The van der Waals surface area contributed by atoms with Gasteiger partial charge in [0, 0.05) is 17.1 Å². The second kappa shape index (κ2) is 6.20. The molecule has 4 heteroatoms. The van der Waals surface area contributed by atoms with Crippen molar-refractivity contribution in [2.45, 2.75) is 11.3 Å². The number of nitrogens with one attached hydrogen (secondary N) is 1. The number of hydrogen-bond acceptors (Lipinski definition) is 2. The van der Waals surface area contributed by atoms with Gasteiger partial charge in [-0.25, -0.2) is 8.42 Å². The van der Waals surface area contributed by atoms with Gasteiger partial charge in [-0.05, 0) is 18.1 Å². The van der Waals surface area contributed by atoms with Crippen LogP contribution < -0.4 is 0 Å². The Morgan fingerprint density at radius 2 is 1.64 bits per heavy atom. The van der Waals surface area contributed by atoms with E-state index in [4.69, 9.17) is 0 Å². The van der Waals surface area contributed by atoms with E-state index in [0.29, 0.717) is 4.90 Å². The fourth-order valence-electron chi connectivity index (χ4n) is 2.42. The lowest BCUT2D eigenvalue weighted by Crippen LogP contribution is -2.04. The summed E-state index contributed by atoms with van der Waals surface area (Å²) in [6.07, 6.45) is 5.95. The largest absolute Gasteiger partial charge is 0.360 e. The van der Waals surface area contributed by atoms with E-state index in [-0.39, 0.29) is 5.75 Å². The fraction of sp³-hybridized carbons (Fsp3) is 0.111. The number of benzene rings is 2. The Morgan fingerprint density at radius 1 is 0.909 bits per heavy atom. The molecule has 0 aliphatic heterocycles. The van der Waals surface area contributed by atoms with Crippen LogP contribution in [-0.2, 0) is 16.3 Å². The quantitative estimate of drug-likeness (QED) is 0.730. The third-order valence-corrected chi connectivity index (χ3v) is 5.20. The van der Waals surface area contributed by atoms with Crippen LogP contribution in [-0.4, -0.2) is 19.2 Å². The van der Waals surface area contributed by atoms with Crippen molar-refractivity contribution in [3.05, 3.63) is 78.5 Å². The molecule has 0 bridgehead atoms. The van der Waals surface area contributed by atoms with Gasteiger partial charge in [-0.1, -0.05) is 60.7 Å². The summed E-state index contributed by atoms with van der Waals surface area (Å²) in [5.41, 5.74) is 2.01. The molecule has 22 heavy (non-hydrogen) atoms. The number of H-pyrrole nitrogens is 1. The van der Waals surface area contributed by atoms with Gasteiger partial charge in [0.25, 0.3) is 0 Å². The Hall–Kier alpha value is -2.33. The molecular formula is C18H17NO2S. The van der Waals surface area contributed by atoms with Crippen molar-refractivity contribution < 1.29 is 8.42 Å². The molecule has 0 saturated carbocycles. The second-order valence-corrected chi connectivity index (χ2v) is 7.14. The molecule has 0 spiro atoms. The number of fused-ring (bicyclic) bond motifs is 1. The van der Waals surface area contributed by atoms with E-state index in [1.54, 1.807) is 12.3 Å². The molecule has 0 radical (unpaired) electrons. The van der Waals surface area contributed by atoms with Crippen LogP contribution in [0.3, 0.4) is 0 Å². The molecule has 0 aliphatic rings. The average molecular weight is 311 g/mol. The maximum atomic E-state index is 12.4. The van der Waals surface area contributed by atoms with Crippen LogP contribution in [0.4, 0.5) is 0 Å². The summed E-state index contributed by atoms with van der Waals surface area (Å²) < 4.78 is 24.9. The highest BCUT2D eigenvalue weighted by Gasteiger charge is 2.17. The number of aromatic nitrogens is 1. The summed E-state index contributed by atoms with van der Waals surface area (Å²) in [5, 5.41) is 0.749. The summed E-state index contributed by atoms with van der Waals surface area (Å²) in [6.45, 7) is 0. The molecular weight excluding hydrogens is 294 g/mol. The lowest BCUT2D eigenvalue weighted by atomic mass is 10.1. The van der Waals surface area contributed by atoms with Gasteiger partial charge in [0.15, 0.2) is 9.84 Å². The van der Waals surface area contributed by atoms with E-state index in [2.05, 4.69) is 4.98 Å². The predicted octanol–water partition coefficient (Wildman–Crippen LogP) is 3.74. The molecule has 1 aromatic heterocycles. The topological polar surface area (TPSA) is 49.9 Å². The summed E-state index contributed by atoms with van der Waals surface area (Å²) in [5.74, 6) is 0.0156. The number of para-hydroxylation sites is 1. The van der Waals surface area contributed by atoms with Gasteiger partial charge in [-0.3, -0.25) is 0 Å². The van der Waals surface area contributed by atoms with Crippen LogP contribution in [0.15, 0.2) is 77.8 Å². The van der Waals surface area contributed by atoms with Crippen LogP contribution in [0.1, 0.15) is 5.56 Å². The molecule has 0 saturated heterocycles. The van der Waals surface area contributed by atoms with Crippen molar-refractivity contribution in [3.8, 4) is 0 Å². The summed E-state index contributed by atoms with van der Waals surface area (Å²) >= 11 is 0. The number of sulfone groups is 1. The summed E-state index contributed by atoms with van der Waals surface area (Å²) in [7, 11) is -3.32. The lowest BCUT2D eigenvalue weighted by Gasteiger charge is -1.99. The van der Waals surface area contributed by atoms with Crippen molar-refractivity contribution in [3.63, 3.8) is 0 Å². The van der Waals surface area contributed by atoms with Gasteiger partial charge in [0.1, 0.15) is 0 Å². The van der Waals surface area contributed by atoms with E-state index in [1.165, 1.54) is 5.56 Å². The smallest absolute Gasteiger partial charge is 0.184 e. The normalized spacial score (nSPS) is 12.2. The fourth-order valence-corrected chi connectivity index (χ4v) is 3.74. The van der Waals surface area contributed by atoms with E-state index >= 15 is 0 Å². The third kappa shape index (κ3) is 3.12. The Bertz CT molecular complexity index is 893. The van der Waals surface area contributed by atoms with Crippen LogP contribution in [0.25, 0.3) is 10.9 Å². The van der Waals surface area contributed by atoms with E-state index < -0.39 is 9.84 Å². The zero-order chi connectivity index (χ0) is 15.4. The van der Waals surface area contributed by atoms with Gasteiger partial charge < -0.3 is 4.98 Å². The SMILES string of the molecule is O=S(=O)(CC=CCc1ccccc1)c1c[nH]c2ccccc12. The minimum atomic E-state index is -3.32. The molecule has 2 aromatic carbocycles. The maximum Gasteiger partial charge on any atom is 0.184 e. The van der Waals surface area contributed by atoms with Crippen molar-refractivity contribution in [1.29, 1.82) is 0 Å². The van der Waals surface area contributed by atoms with Crippen LogP contribution in [0, 0.1) is 0 Å². The standard InChI is InChI=1S/C18H17NO2S/c20-22(21,13-7-6-10-15-8-2-1-3-9-15)18-14-19-17-12-5-4-11-16(17)18/h1-9,11-12,14,19H,10,13H2. The highest BCUT2D eigenvalue weighted by atomic mass is 32.2. The third-order valence-electron chi connectivity index (χ3n) is 3.57. The van der Waals surface area contributed by atoms with Gasteiger partial charge in [-0.15, -0.1) is 0 Å². The van der Waals surface area contributed by atoms with Crippen LogP contribution in [0.2, 0.25) is 0 Å². The zero-order valence-electron chi connectivity index (χ0n) is 12.1. The highest BCUT2D eigenvalue weighted by Crippen LogP contribution is 2.23. The van der Waals surface area contributed by atoms with Crippen LogP contribution >= 0.6 is 0 Å². The minimum Gasteiger partial charge on any atom is -0.360 e. The highest BCUT2D eigenvalue weighted by molar-refractivity contribution is 7.91.